The van der Waals surface area contributed by atoms with E-state index < -0.39 is 0 Å². The second-order valence-corrected chi connectivity index (χ2v) is 7.02. The van der Waals surface area contributed by atoms with Gasteiger partial charge in [0, 0.05) is 32.0 Å². The van der Waals surface area contributed by atoms with Crippen molar-refractivity contribution in [1.82, 2.24) is 15.2 Å². The van der Waals surface area contributed by atoms with Gasteiger partial charge in [0.05, 0.1) is 18.2 Å². The summed E-state index contributed by atoms with van der Waals surface area (Å²) in [6, 6.07) is 9.40. The van der Waals surface area contributed by atoms with Gasteiger partial charge in [0.2, 0.25) is 0 Å². The molecular weight excluding hydrogens is 354 g/mol. The number of hydrogen-bond donors (Lipinski definition) is 1. The first-order valence-electron chi connectivity index (χ1n) is 9.83. The number of nitrogens with one attached hydrogen (secondary N) is 1. The minimum absolute atomic E-state index is 0.0396. The summed E-state index contributed by atoms with van der Waals surface area (Å²) in [5, 5.41) is 2.90. The standard InChI is InChI=1S/C22H27N3O3/c1-28-20-8-6-17(7-9-20)10-11-24-21(26)18-14-19(16-23-15-18)22(27)25-12-4-2-3-5-13-25/h6-9,14-16H,2-5,10-13H2,1H3,(H,24,26). The van der Waals surface area contributed by atoms with Crippen molar-refractivity contribution >= 4 is 11.8 Å². The highest BCUT2D eigenvalue weighted by molar-refractivity contribution is 5.99. The summed E-state index contributed by atoms with van der Waals surface area (Å²) in [5.41, 5.74) is 2.00. The Hall–Kier alpha value is -2.89. The highest BCUT2D eigenvalue weighted by atomic mass is 16.5. The number of benzene rings is 1. The molecule has 1 saturated heterocycles. The Bertz CT molecular complexity index is 797. The molecule has 0 aliphatic carbocycles. The van der Waals surface area contributed by atoms with Crippen molar-refractivity contribution < 1.29 is 14.3 Å². The van der Waals surface area contributed by atoms with E-state index >= 15 is 0 Å². The Labute approximate surface area is 165 Å². The minimum Gasteiger partial charge on any atom is -0.497 e. The number of methoxy groups -OCH3 is 1. The molecule has 0 spiro atoms. The van der Waals surface area contributed by atoms with Gasteiger partial charge < -0.3 is 15.0 Å². The van der Waals surface area contributed by atoms with Crippen molar-refractivity contribution in [3.63, 3.8) is 0 Å². The molecule has 0 unspecified atom stereocenters. The molecule has 0 saturated carbocycles. The maximum Gasteiger partial charge on any atom is 0.255 e. The van der Waals surface area contributed by atoms with Gasteiger partial charge in [-0.3, -0.25) is 14.6 Å². The smallest absolute Gasteiger partial charge is 0.255 e. The van der Waals surface area contributed by atoms with Crippen molar-refractivity contribution in [3.8, 4) is 5.75 Å². The van der Waals surface area contributed by atoms with Gasteiger partial charge in [-0.15, -0.1) is 0 Å². The normalized spacial score (nSPS) is 14.2. The highest BCUT2D eigenvalue weighted by Gasteiger charge is 2.19. The molecule has 28 heavy (non-hydrogen) atoms. The van der Waals surface area contributed by atoms with Crippen LogP contribution in [0.25, 0.3) is 0 Å². The lowest BCUT2D eigenvalue weighted by Gasteiger charge is -2.20. The molecular formula is C22H27N3O3. The third kappa shape index (κ3) is 5.31. The number of hydrogen-bond acceptors (Lipinski definition) is 4. The van der Waals surface area contributed by atoms with Crippen LogP contribution in [0.4, 0.5) is 0 Å². The molecule has 1 aliphatic heterocycles. The molecule has 3 rings (SSSR count). The SMILES string of the molecule is COc1ccc(CCNC(=O)c2cncc(C(=O)N3CCCCCC3)c2)cc1. The predicted octanol–water partition coefficient (Wildman–Crippen LogP) is 3.08. The van der Waals surface area contributed by atoms with Crippen LogP contribution in [0.15, 0.2) is 42.7 Å². The number of ether oxygens (including phenoxy) is 1. The first-order chi connectivity index (χ1) is 13.7. The molecule has 0 bridgehead atoms. The quantitative estimate of drug-likeness (QED) is 0.835. The monoisotopic (exact) mass is 381 g/mol. The molecule has 148 valence electrons. The lowest BCUT2D eigenvalue weighted by atomic mass is 10.1. The van der Waals surface area contributed by atoms with Crippen LogP contribution in [-0.2, 0) is 6.42 Å². The molecule has 2 aromatic rings. The maximum absolute atomic E-state index is 12.7. The number of carbonyl (C=O) groups is 2. The van der Waals surface area contributed by atoms with E-state index in [0.717, 1.165) is 43.7 Å². The van der Waals surface area contributed by atoms with Gasteiger partial charge in [0.15, 0.2) is 0 Å². The molecule has 1 aliphatic rings. The van der Waals surface area contributed by atoms with Crippen molar-refractivity contribution in [1.29, 1.82) is 0 Å². The number of amides is 2. The van der Waals surface area contributed by atoms with Crippen LogP contribution in [0.2, 0.25) is 0 Å². The average Bonchev–Trinajstić information content (AvgIpc) is 3.03. The number of pyridine rings is 1. The molecule has 1 aromatic heterocycles. The predicted molar refractivity (Wildman–Crippen MR) is 108 cm³/mol. The van der Waals surface area contributed by atoms with Crippen LogP contribution < -0.4 is 10.1 Å². The lowest BCUT2D eigenvalue weighted by Crippen LogP contribution is -2.32. The second kappa shape index (κ2) is 9.88. The molecule has 1 aromatic carbocycles. The van der Waals surface area contributed by atoms with Crippen molar-refractivity contribution in [2.24, 2.45) is 0 Å². The van der Waals surface area contributed by atoms with Gasteiger partial charge in [-0.1, -0.05) is 25.0 Å². The Kier molecular flexibility index (Phi) is 7.00. The first kappa shape index (κ1) is 19.9. The van der Waals surface area contributed by atoms with Crippen LogP contribution in [-0.4, -0.2) is 48.4 Å². The van der Waals surface area contributed by atoms with E-state index in [1.807, 2.05) is 29.2 Å². The van der Waals surface area contributed by atoms with Gasteiger partial charge in [0.1, 0.15) is 5.75 Å². The summed E-state index contributed by atoms with van der Waals surface area (Å²) < 4.78 is 5.14. The molecule has 2 heterocycles. The van der Waals surface area contributed by atoms with Crippen LogP contribution in [0.3, 0.4) is 0 Å². The molecule has 6 nitrogen and oxygen atoms in total. The van der Waals surface area contributed by atoms with E-state index in [-0.39, 0.29) is 11.8 Å². The highest BCUT2D eigenvalue weighted by Crippen LogP contribution is 2.14. The van der Waals surface area contributed by atoms with Crippen LogP contribution in [0.5, 0.6) is 5.75 Å². The summed E-state index contributed by atoms with van der Waals surface area (Å²) in [6.07, 6.45) is 8.16. The number of carbonyl (C=O) groups excluding carboxylic acids is 2. The fourth-order valence-corrected chi connectivity index (χ4v) is 3.35. The third-order valence-corrected chi connectivity index (χ3v) is 5.00. The summed E-state index contributed by atoms with van der Waals surface area (Å²) >= 11 is 0. The van der Waals surface area contributed by atoms with Gasteiger partial charge in [-0.2, -0.15) is 0 Å². The number of likely N-dealkylation sites (tertiary alicyclic amines) is 1. The fourth-order valence-electron chi connectivity index (χ4n) is 3.35. The summed E-state index contributed by atoms with van der Waals surface area (Å²) in [4.78, 5) is 31.1. The molecule has 1 N–H and O–H groups in total. The zero-order valence-electron chi connectivity index (χ0n) is 16.3. The summed E-state index contributed by atoms with van der Waals surface area (Å²) in [5.74, 6) is 0.554. The number of aromatic nitrogens is 1. The molecule has 0 radical (unpaired) electrons. The van der Waals surface area contributed by atoms with Crippen LogP contribution in [0.1, 0.15) is 52.0 Å². The maximum atomic E-state index is 12.7. The van der Waals surface area contributed by atoms with E-state index in [0.29, 0.717) is 17.7 Å². The second-order valence-electron chi connectivity index (χ2n) is 7.02. The van der Waals surface area contributed by atoms with Crippen LogP contribution >= 0.6 is 0 Å². The number of rotatable bonds is 6. The summed E-state index contributed by atoms with van der Waals surface area (Å²) in [7, 11) is 1.63. The summed E-state index contributed by atoms with van der Waals surface area (Å²) in [6.45, 7) is 2.06. The molecule has 6 heteroatoms. The topological polar surface area (TPSA) is 71.5 Å². The van der Waals surface area contributed by atoms with Gasteiger partial charge in [-0.25, -0.2) is 0 Å². The van der Waals surface area contributed by atoms with Gasteiger partial charge in [-0.05, 0) is 43.0 Å². The zero-order valence-corrected chi connectivity index (χ0v) is 16.3. The lowest BCUT2D eigenvalue weighted by molar-refractivity contribution is 0.0761. The minimum atomic E-state index is -0.216. The van der Waals surface area contributed by atoms with E-state index in [1.165, 1.54) is 19.0 Å². The average molecular weight is 381 g/mol. The molecule has 1 fully saturated rings. The fraction of sp³-hybridized carbons (Fsp3) is 0.409. The molecule has 2 amide bonds. The Morgan fingerprint density at radius 3 is 2.39 bits per heavy atom. The first-order valence-corrected chi connectivity index (χ1v) is 9.83. The van der Waals surface area contributed by atoms with E-state index in [4.69, 9.17) is 4.74 Å². The van der Waals surface area contributed by atoms with E-state index in [2.05, 4.69) is 10.3 Å². The number of nitrogens with zero attached hydrogens (tertiary/aromatic N) is 2. The van der Waals surface area contributed by atoms with Gasteiger partial charge >= 0.3 is 0 Å². The zero-order chi connectivity index (χ0) is 19.8. The Morgan fingerprint density at radius 2 is 1.71 bits per heavy atom. The van der Waals surface area contributed by atoms with Crippen molar-refractivity contribution in [2.75, 3.05) is 26.7 Å². The third-order valence-electron chi connectivity index (χ3n) is 5.00. The van der Waals surface area contributed by atoms with Crippen LogP contribution in [0, 0.1) is 0 Å². The largest absolute Gasteiger partial charge is 0.497 e. The van der Waals surface area contributed by atoms with E-state index in [1.54, 1.807) is 19.4 Å². The Morgan fingerprint density at radius 1 is 1.04 bits per heavy atom. The Balaban J connectivity index is 1.56. The van der Waals surface area contributed by atoms with E-state index in [9.17, 15) is 9.59 Å². The van der Waals surface area contributed by atoms with Crippen molar-refractivity contribution in [2.45, 2.75) is 32.1 Å². The van der Waals surface area contributed by atoms with Crippen molar-refractivity contribution in [3.05, 3.63) is 59.4 Å². The van der Waals surface area contributed by atoms with Gasteiger partial charge in [0.25, 0.3) is 11.8 Å². The molecule has 0 atom stereocenters.